The van der Waals surface area contributed by atoms with E-state index in [9.17, 15) is 48.6 Å². The van der Waals surface area contributed by atoms with E-state index in [2.05, 4.69) is 36.2 Å². The van der Waals surface area contributed by atoms with Gasteiger partial charge in [-0.1, -0.05) is 30.3 Å². The van der Waals surface area contributed by atoms with E-state index in [0.717, 1.165) is 10.9 Å². The summed E-state index contributed by atoms with van der Waals surface area (Å²) in [5, 5.41) is 39.7. The van der Waals surface area contributed by atoms with Crippen LogP contribution in [0.1, 0.15) is 55.3 Å². The number of para-hydroxylation sites is 1. The number of imidazole rings is 1. The van der Waals surface area contributed by atoms with Crippen LogP contribution in [-0.2, 0) is 57.6 Å². The summed E-state index contributed by atoms with van der Waals surface area (Å²) < 4.78 is 0. The first-order valence-electron chi connectivity index (χ1n) is 19.9. The van der Waals surface area contributed by atoms with Crippen LogP contribution in [0.3, 0.4) is 0 Å². The monoisotopic (exact) mass is 858 g/mol. The van der Waals surface area contributed by atoms with Gasteiger partial charge in [-0.2, -0.15) is 0 Å². The Hall–Kier alpha value is -7.29. The Kier molecular flexibility index (Phi) is 15.7. The number of nitrogens with two attached hydrogens (primary N) is 2. The number of primary amides is 1. The second kappa shape index (κ2) is 21.3. The number of aromatic amines is 2. The predicted octanol–water partition coefficient (Wildman–Crippen LogP) is -0.903. The van der Waals surface area contributed by atoms with Gasteiger partial charge in [0.25, 0.3) is 0 Å². The van der Waals surface area contributed by atoms with E-state index in [1.165, 1.54) is 41.7 Å². The van der Waals surface area contributed by atoms with Gasteiger partial charge in [0.15, 0.2) is 0 Å². The van der Waals surface area contributed by atoms with Crippen LogP contribution in [0, 0.1) is 0 Å². The van der Waals surface area contributed by atoms with Crippen molar-refractivity contribution in [3.63, 3.8) is 0 Å². The number of carboxylic acid groups (broad SMARTS) is 2. The topological polar surface area (TPSA) is 345 Å². The Bertz CT molecular complexity index is 2240. The van der Waals surface area contributed by atoms with Gasteiger partial charge in [-0.3, -0.25) is 33.6 Å². The van der Waals surface area contributed by atoms with Gasteiger partial charge >= 0.3 is 11.9 Å². The maximum absolute atomic E-state index is 14.6. The molecule has 1 aliphatic heterocycles. The molecule has 330 valence electrons. The quantitative estimate of drug-likeness (QED) is 0.0457. The highest BCUT2D eigenvalue weighted by atomic mass is 16.4. The molecule has 0 aliphatic carbocycles. The summed E-state index contributed by atoms with van der Waals surface area (Å²) in [4.78, 5) is 116. The number of H-pyrrole nitrogens is 2. The standard InChI is InChI=1S/C41H50N10O11/c42-27(18-24-20-44-21-46-24)36(56)47-29(11-13-34(43)53)37(57)49-31(16-22-7-9-25(52)10-8-22)38(58)50-32(17-23-19-45-28-5-2-1-4-26(23)28)40(60)51-15-3-6-33(51)39(59)48-30(41(61)62)12-14-35(54)55/h1-2,4-5,7-10,19-21,27,29-33,45,52H,3,6,11-18,42H2,(H2,43,53)(H,44,46)(H,47,56)(H,48,59)(H,49,57)(H,50,58)(H,54,55)(H,61,62). The highest BCUT2D eigenvalue weighted by Crippen LogP contribution is 2.24. The van der Waals surface area contributed by atoms with Crippen molar-refractivity contribution in [1.82, 2.24) is 41.1 Å². The van der Waals surface area contributed by atoms with Gasteiger partial charge in [0.05, 0.1) is 12.4 Å². The summed E-state index contributed by atoms with van der Waals surface area (Å²) in [5.41, 5.74) is 13.9. The molecular weight excluding hydrogens is 809 g/mol. The Morgan fingerprint density at radius 2 is 1.47 bits per heavy atom. The maximum Gasteiger partial charge on any atom is 0.326 e. The van der Waals surface area contributed by atoms with E-state index in [4.69, 9.17) is 16.6 Å². The molecule has 0 saturated carbocycles. The third-order valence-corrected chi connectivity index (χ3v) is 10.5. The van der Waals surface area contributed by atoms with Gasteiger partial charge in [0.1, 0.15) is 36.0 Å². The third kappa shape index (κ3) is 12.6. The normalized spacial score (nSPS) is 16.0. The maximum atomic E-state index is 14.6. The van der Waals surface area contributed by atoms with Crippen molar-refractivity contribution in [3.8, 4) is 5.75 Å². The Labute approximate surface area is 354 Å². The third-order valence-electron chi connectivity index (χ3n) is 10.5. The van der Waals surface area contributed by atoms with Crippen LogP contribution < -0.4 is 32.7 Å². The molecule has 2 aromatic carbocycles. The molecule has 6 unspecified atom stereocenters. The average Bonchev–Trinajstić information content (AvgIpc) is 4.03. The molecule has 1 saturated heterocycles. The van der Waals surface area contributed by atoms with Gasteiger partial charge in [0.2, 0.25) is 35.4 Å². The number of rotatable bonds is 22. The Balaban J connectivity index is 1.43. The molecule has 1 aliphatic rings. The largest absolute Gasteiger partial charge is 0.508 e. The molecule has 13 N–H and O–H groups in total. The number of aromatic hydroxyl groups is 1. The highest BCUT2D eigenvalue weighted by molar-refractivity contribution is 5.97. The van der Waals surface area contributed by atoms with Crippen molar-refractivity contribution in [3.05, 3.63) is 84.1 Å². The lowest BCUT2D eigenvalue weighted by Gasteiger charge is -2.31. The van der Waals surface area contributed by atoms with E-state index in [0.29, 0.717) is 23.2 Å². The molecule has 4 aromatic rings. The van der Waals surface area contributed by atoms with Crippen LogP contribution in [-0.4, -0.2) is 125 Å². The first-order valence-corrected chi connectivity index (χ1v) is 19.9. The molecule has 0 spiro atoms. The summed E-state index contributed by atoms with van der Waals surface area (Å²) in [7, 11) is 0. The number of carbonyl (C=O) groups is 8. The number of hydrogen-bond donors (Lipinski definition) is 11. The first kappa shape index (κ1) is 45.8. The van der Waals surface area contributed by atoms with Crippen molar-refractivity contribution in [2.24, 2.45) is 11.5 Å². The number of carboxylic acids is 2. The molecule has 0 radical (unpaired) electrons. The SMILES string of the molecule is NC(=O)CCC(NC(=O)C(N)Cc1cnc[nH]1)C(=O)NC(Cc1ccc(O)cc1)C(=O)NC(Cc1c[nH]c2ccccc12)C(=O)N1CCCC1C(=O)NC(CCC(=O)O)C(=O)O. The molecular formula is C41H50N10O11. The van der Waals surface area contributed by atoms with Gasteiger partial charge in [-0.25, -0.2) is 9.78 Å². The second-order valence-electron chi connectivity index (χ2n) is 15.0. The average molecular weight is 859 g/mol. The van der Waals surface area contributed by atoms with Crippen molar-refractivity contribution < 1.29 is 53.7 Å². The molecule has 2 aromatic heterocycles. The van der Waals surface area contributed by atoms with Gasteiger partial charge < -0.3 is 62.9 Å². The minimum Gasteiger partial charge on any atom is -0.508 e. The van der Waals surface area contributed by atoms with Crippen molar-refractivity contribution in [2.45, 2.75) is 94.0 Å². The van der Waals surface area contributed by atoms with E-state index in [1.54, 1.807) is 12.3 Å². The molecule has 62 heavy (non-hydrogen) atoms. The minimum atomic E-state index is -1.54. The molecule has 1 fully saturated rings. The lowest BCUT2D eigenvalue weighted by Crippen LogP contribution is -2.60. The van der Waals surface area contributed by atoms with Crippen molar-refractivity contribution >= 4 is 58.3 Å². The van der Waals surface area contributed by atoms with Gasteiger partial charge in [0, 0.05) is 67.6 Å². The molecule has 5 rings (SSSR count). The molecule has 3 heterocycles. The van der Waals surface area contributed by atoms with Gasteiger partial charge in [-0.15, -0.1) is 0 Å². The highest BCUT2D eigenvalue weighted by Gasteiger charge is 2.40. The molecule has 6 atom stereocenters. The van der Waals surface area contributed by atoms with Gasteiger partial charge in [-0.05, 0) is 55.0 Å². The van der Waals surface area contributed by atoms with E-state index >= 15 is 0 Å². The fourth-order valence-electron chi connectivity index (χ4n) is 7.20. The second-order valence-corrected chi connectivity index (χ2v) is 15.0. The number of benzene rings is 2. The Morgan fingerprint density at radius 1 is 0.790 bits per heavy atom. The summed E-state index contributed by atoms with van der Waals surface area (Å²) in [6.07, 6.45) is 3.34. The number of nitrogens with zero attached hydrogens (tertiary/aromatic N) is 2. The number of amides is 6. The van der Waals surface area contributed by atoms with E-state index < -0.39 is 96.5 Å². The number of nitrogens with one attached hydrogen (secondary N) is 6. The van der Waals surface area contributed by atoms with Crippen molar-refractivity contribution in [2.75, 3.05) is 6.54 Å². The zero-order valence-electron chi connectivity index (χ0n) is 33.5. The van der Waals surface area contributed by atoms with Crippen LogP contribution >= 0.6 is 0 Å². The van der Waals surface area contributed by atoms with Crippen LogP contribution in [0.5, 0.6) is 5.75 Å². The molecule has 6 amide bonds. The van der Waals surface area contributed by atoms with Crippen LogP contribution in [0.4, 0.5) is 0 Å². The number of carbonyl (C=O) groups excluding carboxylic acids is 6. The number of hydrogen-bond acceptors (Lipinski definition) is 11. The zero-order valence-corrected chi connectivity index (χ0v) is 33.5. The van der Waals surface area contributed by atoms with Crippen LogP contribution in [0.2, 0.25) is 0 Å². The summed E-state index contributed by atoms with van der Waals surface area (Å²) in [6, 6.07) is 5.02. The number of phenolic OH excluding ortho intramolecular Hbond substituents is 1. The number of likely N-dealkylation sites (tertiary alicyclic amines) is 1. The summed E-state index contributed by atoms with van der Waals surface area (Å²) in [5.74, 6) is -7.49. The number of fused-ring (bicyclic) bond motifs is 1. The molecule has 21 heteroatoms. The fourth-order valence-corrected chi connectivity index (χ4v) is 7.20. The predicted molar refractivity (Wildman–Crippen MR) is 219 cm³/mol. The lowest BCUT2D eigenvalue weighted by molar-refractivity contribution is -0.145. The number of aromatic nitrogens is 3. The number of phenols is 1. The molecule has 21 nitrogen and oxygen atoms in total. The zero-order chi connectivity index (χ0) is 44.9. The Morgan fingerprint density at radius 3 is 2.15 bits per heavy atom. The smallest absolute Gasteiger partial charge is 0.326 e. The summed E-state index contributed by atoms with van der Waals surface area (Å²) in [6.45, 7) is 0.0709. The molecule has 0 bridgehead atoms. The number of aliphatic carboxylic acids is 2. The first-order chi connectivity index (χ1) is 29.6. The van der Waals surface area contributed by atoms with E-state index in [1.807, 2.05) is 18.2 Å². The summed E-state index contributed by atoms with van der Waals surface area (Å²) >= 11 is 0. The minimum absolute atomic E-state index is 0.0398. The van der Waals surface area contributed by atoms with Crippen molar-refractivity contribution in [1.29, 1.82) is 0 Å². The van der Waals surface area contributed by atoms with Crippen LogP contribution in [0.15, 0.2) is 67.3 Å². The fraction of sp³-hybridized carbons (Fsp3) is 0.390. The lowest BCUT2D eigenvalue weighted by atomic mass is 10.0. The van der Waals surface area contributed by atoms with E-state index in [-0.39, 0.29) is 50.8 Å². The van der Waals surface area contributed by atoms with Crippen LogP contribution in [0.25, 0.3) is 10.9 Å².